The summed E-state index contributed by atoms with van der Waals surface area (Å²) < 4.78 is 11.0. The highest BCUT2D eigenvalue weighted by atomic mass is 35.5. The van der Waals surface area contributed by atoms with Crippen molar-refractivity contribution in [1.82, 2.24) is 15.2 Å². The maximum absolute atomic E-state index is 5.88. The van der Waals surface area contributed by atoms with E-state index in [0.717, 1.165) is 16.9 Å². The van der Waals surface area contributed by atoms with E-state index in [-0.39, 0.29) is 6.61 Å². The molecule has 0 spiro atoms. The summed E-state index contributed by atoms with van der Waals surface area (Å²) in [5.74, 6) is 1.63. The molecule has 0 saturated carbocycles. The minimum Gasteiger partial charge on any atom is -0.485 e. The SMILES string of the molecule is Clc1ccc(-c2nc(COc3ccc(CN4CN=CO4)cc3)no2)cc1. The molecule has 2 aromatic carbocycles. The van der Waals surface area contributed by atoms with Gasteiger partial charge in [-0.05, 0) is 42.0 Å². The summed E-state index contributed by atoms with van der Waals surface area (Å²) in [7, 11) is 0. The molecule has 0 saturated heterocycles. The number of ether oxygens (including phenoxy) is 1. The molecule has 3 aromatic rings. The predicted molar refractivity (Wildman–Crippen MR) is 95.5 cm³/mol. The molecule has 2 heterocycles. The lowest BCUT2D eigenvalue weighted by Gasteiger charge is -2.12. The number of halogens is 1. The summed E-state index contributed by atoms with van der Waals surface area (Å²) in [5.41, 5.74) is 1.91. The Morgan fingerprint density at radius 3 is 2.62 bits per heavy atom. The van der Waals surface area contributed by atoms with Gasteiger partial charge in [-0.3, -0.25) is 0 Å². The van der Waals surface area contributed by atoms with Crippen LogP contribution in [0.4, 0.5) is 0 Å². The molecule has 4 rings (SSSR count). The molecule has 0 fully saturated rings. The van der Waals surface area contributed by atoms with Crippen LogP contribution in [0.3, 0.4) is 0 Å². The molecule has 132 valence electrons. The first kappa shape index (κ1) is 16.6. The average molecular weight is 371 g/mol. The summed E-state index contributed by atoms with van der Waals surface area (Å²) in [5, 5.41) is 6.35. The quantitative estimate of drug-likeness (QED) is 0.658. The molecule has 1 aliphatic heterocycles. The maximum Gasteiger partial charge on any atom is 0.258 e. The number of hydrogen-bond acceptors (Lipinski definition) is 7. The normalized spacial score (nSPS) is 13.7. The molecule has 0 radical (unpaired) electrons. The molecule has 0 N–H and O–H groups in total. The van der Waals surface area contributed by atoms with Crippen LogP contribution in [0.5, 0.6) is 5.75 Å². The number of nitrogens with zero attached hydrogens (tertiary/aromatic N) is 4. The van der Waals surface area contributed by atoms with Crippen LogP contribution in [0, 0.1) is 0 Å². The minimum atomic E-state index is 0.222. The van der Waals surface area contributed by atoms with Gasteiger partial charge in [0.15, 0.2) is 13.0 Å². The molecule has 0 aliphatic carbocycles. The number of hydroxylamine groups is 2. The lowest BCUT2D eigenvalue weighted by Crippen LogP contribution is -2.17. The third kappa shape index (κ3) is 4.01. The van der Waals surface area contributed by atoms with E-state index in [2.05, 4.69) is 15.1 Å². The summed E-state index contributed by atoms with van der Waals surface area (Å²) in [6, 6.07) is 15.0. The molecular formula is C18H15ClN4O3. The fourth-order valence-electron chi connectivity index (χ4n) is 2.41. The van der Waals surface area contributed by atoms with Crippen LogP contribution in [0.2, 0.25) is 5.02 Å². The number of aliphatic imine (C=N–C) groups is 1. The highest BCUT2D eigenvalue weighted by molar-refractivity contribution is 6.30. The van der Waals surface area contributed by atoms with E-state index >= 15 is 0 Å². The van der Waals surface area contributed by atoms with E-state index in [1.807, 2.05) is 36.4 Å². The molecular weight excluding hydrogens is 356 g/mol. The number of hydrogen-bond donors (Lipinski definition) is 0. The first-order valence-corrected chi connectivity index (χ1v) is 8.34. The second-order valence-electron chi connectivity index (χ2n) is 5.63. The topological polar surface area (TPSA) is 73.0 Å². The summed E-state index contributed by atoms with van der Waals surface area (Å²) in [4.78, 5) is 13.5. The number of rotatable bonds is 6. The molecule has 7 nitrogen and oxygen atoms in total. The van der Waals surface area contributed by atoms with E-state index in [1.54, 1.807) is 17.2 Å². The van der Waals surface area contributed by atoms with Crippen LogP contribution >= 0.6 is 11.6 Å². The van der Waals surface area contributed by atoms with Crippen LogP contribution in [0.15, 0.2) is 58.0 Å². The maximum atomic E-state index is 5.88. The Balaban J connectivity index is 1.33. The number of aromatic nitrogens is 2. The highest BCUT2D eigenvalue weighted by Crippen LogP contribution is 2.20. The van der Waals surface area contributed by atoms with Crippen LogP contribution < -0.4 is 4.74 Å². The van der Waals surface area contributed by atoms with Crippen molar-refractivity contribution < 1.29 is 14.1 Å². The van der Waals surface area contributed by atoms with Crippen molar-refractivity contribution in [3.05, 3.63) is 64.9 Å². The first-order chi connectivity index (χ1) is 12.8. The number of benzene rings is 2. The van der Waals surface area contributed by atoms with Gasteiger partial charge in [0.05, 0.1) is 6.54 Å². The first-order valence-electron chi connectivity index (χ1n) is 7.96. The Morgan fingerprint density at radius 2 is 1.88 bits per heavy atom. The van der Waals surface area contributed by atoms with Crippen molar-refractivity contribution in [2.45, 2.75) is 13.2 Å². The zero-order chi connectivity index (χ0) is 17.8. The van der Waals surface area contributed by atoms with E-state index in [0.29, 0.717) is 30.0 Å². The van der Waals surface area contributed by atoms with E-state index in [9.17, 15) is 0 Å². The lowest BCUT2D eigenvalue weighted by atomic mass is 10.2. The van der Waals surface area contributed by atoms with E-state index < -0.39 is 0 Å². The van der Waals surface area contributed by atoms with Gasteiger partial charge < -0.3 is 14.1 Å². The fourth-order valence-corrected chi connectivity index (χ4v) is 2.54. The summed E-state index contributed by atoms with van der Waals surface area (Å²) in [6.45, 7) is 1.43. The van der Waals surface area contributed by atoms with E-state index in [4.69, 9.17) is 25.7 Å². The van der Waals surface area contributed by atoms with Gasteiger partial charge in [-0.2, -0.15) is 4.98 Å². The third-order valence-corrected chi connectivity index (χ3v) is 3.97. The highest BCUT2D eigenvalue weighted by Gasteiger charge is 2.11. The monoisotopic (exact) mass is 370 g/mol. The zero-order valence-corrected chi connectivity index (χ0v) is 14.5. The Labute approximate surface area is 154 Å². The second-order valence-corrected chi connectivity index (χ2v) is 6.07. The lowest BCUT2D eigenvalue weighted by molar-refractivity contribution is -0.0519. The molecule has 0 atom stereocenters. The van der Waals surface area contributed by atoms with Crippen LogP contribution in [0.1, 0.15) is 11.4 Å². The standard InChI is InChI=1S/C18H15ClN4O3/c19-15-5-3-14(4-6-15)18-21-17(22-26-18)10-24-16-7-1-13(2-8-16)9-23-11-20-12-25-23/h1-8,12H,9-11H2. The second kappa shape index (κ2) is 7.55. The van der Waals surface area contributed by atoms with Crippen molar-refractivity contribution in [2.24, 2.45) is 4.99 Å². The molecule has 8 heteroatoms. The molecule has 26 heavy (non-hydrogen) atoms. The van der Waals surface area contributed by atoms with Gasteiger partial charge in [-0.15, -0.1) is 5.06 Å². The van der Waals surface area contributed by atoms with Gasteiger partial charge in [-0.1, -0.05) is 28.9 Å². The van der Waals surface area contributed by atoms with Crippen molar-refractivity contribution in [1.29, 1.82) is 0 Å². The Morgan fingerprint density at radius 1 is 1.08 bits per heavy atom. The smallest absolute Gasteiger partial charge is 0.258 e. The largest absolute Gasteiger partial charge is 0.485 e. The molecule has 1 aliphatic rings. The van der Waals surface area contributed by atoms with Gasteiger partial charge in [0.25, 0.3) is 5.89 Å². The van der Waals surface area contributed by atoms with Gasteiger partial charge in [0, 0.05) is 10.6 Å². The average Bonchev–Trinajstić information content (AvgIpc) is 3.34. The van der Waals surface area contributed by atoms with Crippen molar-refractivity contribution in [2.75, 3.05) is 6.67 Å². The third-order valence-electron chi connectivity index (χ3n) is 3.72. The van der Waals surface area contributed by atoms with Gasteiger partial charge in [0.2, 0.25) is 5.82 Å². The van der Waals surface area contributed by atoms with Crippen LogP contribution in [0.25, 0.3) is 11.5 Å². The molecule has 0 amide bonds. The fraction of sp³-hybridized carbons (Fsp3) is 0.167. The van der Waals surface area contributed by atoms with Gasteiger partial charge in [0.1, 0.15) is 12.4 Å². The minimum absolute atomic E-state index is 0.222. The molecule has 0 bridgehead atoms. The van der Waals surface area contributed by atoms with Gasteiger partial charge in [-0.25, -0.2) is 4.99 Å². The van der Waals surface area contributed by atoms with Crippen LogP contribution in [-0.4, -0.2) is 28.3 Å². The Hall–Kier alpha value is -2.90. The molecule has 0 unspecified atom stereocenters. The van der Waals surface area contributed by atoms with E-state index in [1.165, 1.54) is 6.40 Å². The Bertz CT molecular complexity index is 886. The van der Waals surface area contributed by atoms with Crippen molar-refractivity contribution >= 4 is 18.0 Å². The van der Waals surface area contributed by atoms with Gasteiger partial charge >= 0.3 is 0 Å². The summed E-state index contributed by atoms with van der Waals surface area (Å²) >= 11 is 5.88. The molecule has 1 aromatic heterocycles. The van der Waals surface area contributed by atoms with Crippen molar-refractivity contribution in [3.8, 4) is 17.2 Å². The van der Waals surface area contributed by atoms with Crippen LogP contribution in [-0.2, 0) is 18.0 Å². The Kier molecular flexibility index (Phi) is 4.81. The zero-order valence-electron chi connectivity index (χ0n) is 13.7. The summed E-state index contributed by atoms with van der Waals surface area (Å²) in [6.07, 6.45) is 1.45. The van der Waals surface area contributed by atoms with Crippen molar-refractivity contribution in [3.63, 3.8) is 0 Å². The predicted octanol–water partition coefficient (Wildman–Crippen LogP) is 3.70.